The first kappa shape index (κ1) is 22.6. The Morgan fingerprint density at radius 3 is 1.92 bits per heavy atom. The van der Waals surface area contributed by atoms with Crippen molar-refractivity contribution in [3.63, 3.8) is 0 Å². The van der Waals surface area contributed by atoms with Crippen LogP contribution >= 0.6 is 12.4 Å². The smallest absolute Gasteiger partial charge is 0.303 e. The van der Waals surface area contributed by atoms with Gasteiger partial charge in [-0.15, -0.1) is 12.4 Å². The molecule has 0 atom stereocenters. The first-order chi connectivity index (χ1) is 11.6. The van der Waals surface area contributed by atoms with Crippen LogP contribution in [0.1, 0.15) is 17.5 Å². The highest BCUT2D eigenvalue weighted by atomic mass is 35.5. The van der Waals surface area contributed by atoms with E-state index in [-0.39, 0.29) is 18.8 Å². The molecule has 0 saturated carbocycles. The van der Waals surface area contributed by atoms with E-state index in [4.69, 9.17) is 20.3 Å². The molecule has 7 nitrogen and oxygen atoms in total. The molecule has 0 aromatic carbocycles. The predicted molar refractivity (Wildman–Crippen MR) is 97.5 cm³/mol. The van der Waals surface area contributed by atoms with Crippen LogP contribution in [0, 0.1) is 0 Å². The number of halogens is 1. The fourth-order valence-electron chi connectivity index (χ4n) is 1.85. The maximum absolute atomic E-state index is 10.3. The monoisotopic (exact) mass is 369 g/mol. The molecule has 0 fully saturated rings. The average Bonchev–Trinajstić information content (AvgIpc) is 2.61. The van der Waals surface area contributed by atoms with Gasteiger partial charge in [-0.25, -0.2) is 9.97 Å². The fraction of sp³-hybridized carbons (Fsp3) is 0.353. The molecule has 0 radical (unpaired) electrons. The molecule has 25 heavy (non-hydrogen) atoms. The van der Waals surface area contributed by atoms with Gasteiger partial charge in [0.25, 0.3) is 0 Å². The highest BCUT2D eigenvalue weighted by molar-refractivity contribution is 5.85. The summed E-state index contributed by atoms with van der Waals surface area (Å²) in [5.74, 6) is 0.370. The summed E-state index contributed by atoms with van der Waals surface area (Å²) in [6, 6.07) is 7.36. The van der Waals surface area contributed by atoms with E-state index in [1.54, 1.807) is 31.6 Å². The van der Waals surface area contributed by atoms with Crippen molar-refractivity contribution in [1.82, 2.24) is 9.97 Å². The third-order valence-electron chi connectivity index (χ3n) is 3.08. The first-order valence-electron chi connectivity index (χ1n) is 7.48. The Morgan fingerprint density at radius 2 is 1.52 bits per heavy atom. The van der Waals surface area contributed by atoms with E-state index in [0.29, 0.717) is 24.7 Å². The van der Waals surface area contributed by atoms with E-state index in [9.17, 15) is 4.79 Å². The quantitative estimate of drug-likeness (QED) is 0.769. The molecule has 0 unspecified atom stereocenters. The van der Waals surface area contributed by atoms with E-state index in [1.165, 1.54) is 12.7 Å². The lowest BCUT2D eigenvalue weighted by molar-refractivity contribution is -0.136. The van der Waals surface area contributed by atoms with E-state index >= 15 is 0 Å². The summed E-state index contributed by atoms with van der Waals surface area (Å²) in [6.07, 6.45) is 4.85. The Labute approximate surface area is 153 Å². The summed E-state index contributed by atoms with van der Waals surface area (Å²) in [6.45, 7) is 0.660. The molecule has 0 aliphatic carbocycles. The number of hydrogen-bond acceptors (Lipinski definition) is 6. The molecule has 0 amide bonds. The molecule has 138 valence electrons. The van der Waals surface area contributed by atoms with Crippen molar-refractivity contribution in [2.75, 3.05) is 20.8 Å². The van der Waals surface area contributed by atoms with Crippen molar-refractivity contribution in [3.05, 3.63) is 47.8 Å². The fourth-order valence-corrected chi connectivity index (χ4v) is 1.85. The van der Waals surface area contributed by atoms with Crippen LogP contribution in [0.5, 0.6) is 11.8 Å². The number of carboxylic acids is 1. The van der Waals surface area contributed by atoms with Crippen LogP contribution in [-0.4, -0.2) is 41.8 Å². The predicted octanol–water partition coefficient (Wildman–Crippen LogP) is 2.12. The highest BCUT2D eigenvalue weighted by Gasteiger charge is 2.00. The molecular weight excluding hydrogens is 346 g/mol. The Morgan fingerprint density at radius 1 is 1.04 bits per heavy atom. The van der Waals surface area contributed by atoms with Crippen molar-refractivity contribution in [2.24, 2.45) is 5.73 Å². The van der Waals surface area contributed by atoms with Crippen LogP contribution in [0.2, 0.25) is 0 Å². The standard InChI is InChI=1S/C9H11NO3.C8H12N2O.ClH/c1-13-8-6-7(4-5-10-8)2-3-9(11)12;1-11-8-6-7(2-4-9)3-5-10-8;/h4-6H,2-3H2,1H3,(H,11,12);3,5-6H,2,4,9H2,1H3;1H. The molecule has 2 rings (SSSR count). The van der Waals surface area contributed by atoms with Crippen LogP contribution in [0.25, 0.3) is 0 Å². The van der Waals surface area contributed by atoms with E-state index in [2.05, 4.69) is 9.97 Å². The normalized spacial score (nSPS) is 9.24. The number of ether oxygens (including phenoxy) is 2. The Balaban J connectivity index is 0.000000449. The van der Waals surface area contributed by atoms with Crippen LogP contribution in [0.15, 0.2) is 36.7 Å². The maximum Gasteiger partial charge on any atom is 0.303 e. The van der Waals surface area contributed by atoms with Crippen molar-refractivity contribution in [1.29, 1.82) is 0 Å². The largest absolute Gasteiger partial charge is 0.481 e. The number of rotatable bonds is 7. The molecule has 0 bridgehead atoms. The van der Waals surface area contributed by atoms with Crippen LogP contribution < -0.4 is 15.2 Å². The minimum Gasteiger partial charge on any atom is -0.481 e. The van der Waals surface area contributed by atoms with Gasteiger partial charge in [0.2, 0.25) is 11.8 Å². The number of nitrogens with two attached hydrogens (primary N) is 1. The molecule has 2 aromatic heterocycles. The van der Waals surface area contributed by atoms with Crippen molar-refractivity contribution < 1.29 is 19.4 Å². The second-order valence-corrected chi connectivity index (χ2v) is 4.85. The molecule has 2 aromatic rings. The lowest BCUT2D eigenvalue weighted by atomic mass is 10.1. The number of aromatic nitrogens is 2. The number of nitrogens with zero attached hydrogens (tertiary/aromatic N) is 2. The summed E-state index contributed by atoms with van der Waals surface area (Å²) < 4.78 is 9.85. The molecule has 0 aliphatic rings. The molecular formula is C17H24ClN3O4. The van der Waals surface area contributed by atoms with Gasteiger partial charge in [-0.05, 0) is 42.6 Å². The number of pyridine rings is 2. The van der Waals surface area contributed by atoms with Gasteiger partial charge in [0, 0.05) is 30.9 Å². The summed E-state index contributed by atoms with van der Waals surface area (Å²) in [5, 5.41) is 8.45. The zero-order valence-corrected chi connectivity index (χ0v) is 15.2. The summed E-state index contributed by atoms with van der Waals surface area (Å²) in [4.78, 5) is 18.2. The topological polar surface area (TPSA) is 108 Å². The number of carbonyl (C=O) groups is 1. The number of methoxy groups -OCH3 is 2. The second-order valence-electron chi connectivity index (χ2n) is 4.85. The third kappa shape index (κ3) is 9.49. The maximum atomic E-state index is 10.3. The number of hydrogen-bond donors (Lipinski definition) is 2. The van der Waals surface area contributed by atoms with Crippen molar-refractivity contribution in [2.45, 2.75) is 19.3 Å². The summed E-state index contributed by atoms with van der Waals surface area (Å²) in [5.41, 5.74) is 7.48. The third-order valence-corrected chi connectivity index (χ3v) is 3.08. The van der Waals surface area contributed by atoms with E-state index in [1.807, 2.05) is 12.1 Å². The van der Waals surface area contributed by atoms with Crippen LogP contribution in [0.3, 0.4) is 0 Å². The zero-order chi connectivity index (χ0) is 17.8. The highest BCUT2D eigenvalue weighted by Crippen LogP contribution is 2.10. The van der Waals surface area contributed by atoms with E-state index < -0.39 is 5.97 Å². The van der Waals surface area contributed by atoms with Gasteiger partial charge in [0.1, 0.15) is 0 Å². The lowest BCUT2D eigenvalue weighted by Crippen LogP contribution is -2.02. The Hall–Kier alpha value is -2.38. The van der Waals surface area contributed by atoms with Gasteiger partial charge in [0.15, 0.2) is 0 Å². The van der Waals surface area contributed by atoms with Gasteiger partial charge < -0.3 is 20.3 Å². The van der Waals surface area contributed by atoms with Gasteiger partial charge in [-0.3, -0.25) is 4.79 Å². The van der Waals surface area contributed by atoms with Crippen LogP contribution in [0.4, 0.5) is 0 Å². The molecule has 0 aliphatic heterocycles. The van der Waals surface area contributed by atoms with Gasteiger partial charge >= 0.3 is 5.97 Å². The van der Waals surface area contributed by atoms with Crippen LogP contribution in [-0.2, 0) is 17.6 Å². The van der Waals surface area contributed by atoms with Gasteiger partial charge in [-0.1, -0.05) is 0 Å². The van der Waals surface area contributed by atoms with Crippen molar-refractivity contribution in [3.8, 4) is 11.8 Å². The molecule has 0 spiro atoms. The Kier molecular flexibility index (Phi) is 11.7. The number of carboxylic acid groups (broad SMARTS) is 1. The second kappa shape index (κ2) is 13.0. The SMILES string of the molecule is COc1cc(CCC(=O)O)ccn1.COc1cc(CCN)ccn1.Cl. The average molecular weight is 370 g/mol. The molecule has 2 heterocycles. The summed E-state index contributed by atoms with van der Waals surface area (Å²) in [7, 11) is 3.14. The molecule has 3 N–H and O–H groups in total. The zero-order valence-electron chi connectivity index (χ0n) is 14.3. The Bertz CT molecular complexity index is 641. The first-order valence-corrected chi connectivity index (χ1v) is 7.48. The van der Waals surface area contributed by atoms with E-state index in [0.717, 1.165) is 12.0 Å². The minimum absolute atomic E-state index is 0. The summed E-state index contributed by atoms with van der Waals surface area (Å²) >= 11 is 0. The van der Waals surface area contributed by atoms with Crippen molar-refractivity contribution >= 4 is 18.4 Å². The van der Waals surface area contributed by atoms with Gasteiger partial charge in [0.05, 0.1) is 14.2 Å². The van der Waals surface area contributed by atoms with Gasteiger partial charge in [-0.2, -0.15) is 0 Å². The number of aliphatic carboxylic acids is 1. The molecule has 8 heteroatoms. The number of aryl methyl sites for hydroxylation is 1. The molecule has 0 saturated heterocycles. The minimum atomic E-state index is -0.796. The lowest BCUT2D eigenvalue weighted by Gasteiger charge is -2.01.